The van der Waals surface area contributed by atoms with E-state index in [-0.39, 0.29) is 13.0 Å². The number of hydrogen-bond donors (Lipinski definition) is 1. The van der Waals surface area contributed by atoms with Gasteiger partial charge in [-0.15, -0.1) is 0 Å². The zero-order chi connectivity index (χ0) is 20.5. The molecule has 2 rings (SSSR count). The van der Waals surface area contributed by atoms with Crippen molar-refractivity contribution < 1.29 is 37.0 Å². The van der Waals surface area contributed by atoms with Crippen LogP contribution < -0.4 is 14.8 Å². The third-order valence-electron chi connectivity index (χ3n) is 3.39. The SMILES string of the molecule is CCOc1ccccc1OCCC(=O)OCC(=O)Nc1ccc(F)c(F)c1F. The van der Waals surface area contributed by atoms with Gasteiger partial charge in [-0.25, -0.2) is 13.2 Å². The first-order chi connectivity index (χ1) is 13.4. The number of nitrogens with one attached hydrogen (secondary N) is 1. The molecule has 150 valence electrons. The van der Waals surface area contributed by atoms with E-state index < -0.39 is 41.6 Å². The van der Waals surface area contributed by atoms with Crippen LogP contribution in [0.2, 0.25) is 0 Å². The first-order valence-electron chi connectivity index (χ1n) is 8.36. The number of anilines is 1. The molecule has 0 unspecified atom stereocenters. The van der Waals surface area contributed by atoms with E-state index in [9.17, 15) is 22.8 Å². The van der Waals surface area contributed by atoms with Gasteiger partial charge in [0.15, 0.2) is 35.6 Å². The van der Waals surface area contributed by atoms with E-state index >= 15 is 0 Å². The van der Waals surface area contributed by atoms with Crippen LogP contribution in [0.4, 0.5) is 18.9 Å². The lowest BCUT2D eigenvalue weighted by Crippen LogP contribution is -2.22. The molecule has 1 amide bonds. The molecule has 0 fully saturated rings. The van der Waals surface area contributed by atoms with E-state index in [1.165, 1.54) is 0 Å². The Hall–Kier alpha value is -3.23. The van der Waals surface area contributed by atoms with Crippen LogP contribution in [-0.4, -0.2) is 31.7 Å². The van der Waals surface area contributed by atoms with Gasteiger partial charge in [0.1, 0.15) is 0 Å². The third-order valence-corrected chi connectivity index (χ3v) is 3.39. The minimum Gasteiger partial charge on any atom is -0.490 e. The van der Waals surface area contributed by atoms with Gasteiger partial charge in [0.25, 0.3) is 5.91 Å². The fraction of sp³-hybridized carbons (Fsp3) is 0.263. The highest BCUT2D eigenvalue weighted by molar-refractivity contribution is 5.92. The summed E-state index contributed by atoms with van der Waals surface area (Å²) in [6.07, 6.45) is -0.146. The first-order valence-corrected chi connectivity index (χ1v) is 8.36. The Morgan fingerprint density at radius 3 is 2.32 bits per heavy atom. The molecule has 1 N–H and O–H groups in total. The van der Waals surface area contributed by atoms with E-state index in [4.69, 9.17) is 14.2 Å². The molecule has 0 radical (unpaired) electrons. The number of hydrogen-bond acceptors (Lipinski definition) is 5. The second-order valence-corrected chi connectivity index (χ2v) is 5.41. The molecule has 0 aromatic heterocycles. The van der Waals surface area contributed by atoms with Crippen molar-refractivity contribution in [2.75, 3.05) is 25.1 Å². The molecule has 0 aliphatic rings. The molecule has 0 atom stereocenters. The highest BCUT2D eigenvalue weighted by Crippen LogP contribution is 2.26. The number of carbonyl (C=O) groups is 2. The van der Waals surface area contributed by atoms with Crippen LogP contribution in [0.5, 0.6) is 11.5 Å². The molecule has 0 saturated carbocycles. The number of benzene rings is 2. The van der Waals surface area contributed by atoms with Crippen LogP contribution >= 0.6 is 0 Å². The minimum atomic E-state index is -1.71. The van der Waals surface area contributed by atoms with Gasteiger partial charge in [0, 0.05) is 0 Å². The zero-order valence-corrected chi connectivity index (χ0v) is 15.0. The Morgan fingerprint density at radius 2 is 1.64 bits per heavy atom. The monoisotopic (exact) mass is 397 g/mol. The van der Waals surface area contributed by atoms with Gasteiger partial charge >= 0.3 is 5.97 Å². The van der Waals surface area contributed by atoms with Crippen molar-refractivity contribution in [1.82, 2.24) is 0 Å². The maximum Gasteiger partial charge on any atom is 0.309 e. The lowest BCUT2D eigenvalue weighted by Gasteiger charge is -2.11. The first kappa shape index (κ1) is 21.1. The Labute approximate surface area is 159 Å². The Bertz CT molecular complexity index is 844. The van der Waals surface area contributed by atoms with Crippen molar-refractivity contribution in [1.29, 1.82) is 0 Å². The molecule has 0 aliphatic carbocycles. The van der Waals surface area contributed by atoms with Crippen molar-refractivity contribution in [2.24, 2.45) is 0 Å². The predicted molar refractivity (Wildman–Crippen MR) is 93.6 cm³/mol. The van der Waals surface area contributed by atoms with Gasteiger partial charge in [0.05, 0.1) is 25.3 Å². The maximum absolute atomic E-state index is 13.5. The topological polar surface area (TPSA) is 73.9 Å². The average Bonchev–Trinajstić information content (AvgIpc) is 2.68. The molecule has 0 bridgehead atoms. The van der Waals surface area contributed by atoms with Crippen molar-refractivity contribution in [3.8, 4) is 11.5 Å². The van der Waals surface area contributed by atoms with Crippen molar-refractivity contribution >= 4 is 17.6 Å². The second-order valence-electron chi connectivity index (χ2n) is 5.41. The maximum atomic E-state index is 13.5. The number of esters is 1. The van der Waals surface area contributed by atoms with E-state index in [0.717, 1.165) is 6.07 Å². The summed E-state index contributed by atoms with van der Waals surface area (Å²) in [5.41, 5.74) is -0.559. The fourth-order valence-electron chi connectivity index (χ4n) is 2.12. The smallest absolute Gasteiger partial charge is 0.309 e. The predicted octanol–water partition coefficient (Wildman–Crippen LogP) is 3.45. The van der Waals surface area contributed by atoms with Crippen molar-refractivity contribution in [3.63, 3.8) is 0 Å². The Kier molecular flexibility index (Phi) is 7.67. The van der Waals surface area contributed by atoms with Crippen LogP contribution in [0, 0.1) is 17.5 Å². The minimum absolute atomic E-state index is 0.0116. The summed E-state index contributed by atoms with van der Waals surface area (Å²) < 4.78 is 55.0. The summed E-state index contributed by atoms with van der Waals surface area (Å²) in [4.78, 5) is 23.3. The molecule has 0 spiro atoms. The average molecular weight is 397 g/mol. The van der Waals surface area contributed by atoms with Crippen LogP contribution in [0.15, 0.2) is 36.4 Å². The molecule has 0 saturated heterocycles. The van der Waals surface area contributed by atoms with E-state index in [1.54, 1.807) is 24.3 Å². The fourth-order valence-corrected chi connectivity index (χ4v) is 2.12. The molecule has 28 heavy (non-hydrogen) atoms. The standard InChI is InChI=1S/C19H18F3NO5/c1-2-26-14-5-3-4-6-15(14)27-10-9-17(25)28-11-16(24)23-13-8-7-12(20)18(21)19(13)22/h3-8H,2,9-11H2,1H3,(H,23,24). The summed E-state index contributed by atoms with van der Waals surface area (Å²) in [5.74, 6) is -5.26. The van der Waals surface area contributed by atoms with Gasteiger partial charge in [-0.2, -0.15) is 0 Å². The number of amides is 1. The Morgan fingerprint density at radius 1 is 0.964 bits per heavy atom. The lowest BCUT2D eigenvalue weighted by molar-refractivity contribution is -0.147. The molecule has 6 nitrogen and oxygen atoms in total. The summed E-state index contributed by atoms with van der Waals surface area (Å²) in [7, 11) is 0. The van der Waals surface area contributed by atoms with Crippen LogP contribution in [0.1, 0.15) is 13.3 Å². The molecule has 0 heterocycles. The molecular weight excluding hydrogens is 379 g/mol. The number of rotatable bonds is 9. The lowest BCUT2D eigenvalue weighted by atomic mass is 10.3. The summed E-state index contributed by atoms with van der Waals surface area (Å²) in [6, 6.07) is 8.45. The second kappa shape index (κ2) is 10.2. The summed E-state index contributed by atoms with van der Waals surface area (Å²) >= 11 is 0. The van der Waals surface area contributed by atoms with Crippen LogP contribution in [0.25, 0.3) is 0 Å². The highest BCUT2D eigenvalue weighted by atomic mass is 19.2. The quantitative estimate of drug-likeness (QED) is 0.518. The van der Waals surface area contributed by atoms with Crippen molar-refractivity contribution in [3.05, 3.63) is 53.8 Å². The van der Waals surface area contributed by atoms with Crippen molar-refractivity contribution in [2.45, 2.75) is 13.3 Å². The molecule has 0 aliphatic heterocycles. The largest absolute Gasteiger partial charge is 0.490 e. The molecule has 9 heteroatoms. The van der Waals surface area contributed by atoms with Gasteiger partial charge in [-0.1, -0.05) is 12.1 Å². The highest BCUT2D eigenvalue weighted by Gasteiger charge is 2.16. The van der Waals surface area contributed by atoms with E-state index in [2.05, 4.69) is 0 Å². The van der Waals surface area contributed by atoms with Crippen LogP contribution in [0.3, 0.4) is 0 Å². The van der Waals surface area contributed by atoms with E-state index in [0.29, 0.717) is 24.2 Å². The normalized spacial score (nSPS) is 10.3. The molecular formula is C19H18F3NO5. The number of ether oxygens (including phenoxy) is 3. The molecule has 2 aromatic carbocycles. The summed E-state index contributed by atoms with van der Waals surface area (Å²) in [6.45, 7) is 1.55. The third kappa shape index (κ3) is 5.90. The van der Waals surface area contributed by atoms with Gasteiger partial charge in [-0.3, -0.25) is 9.59 Å². The Balaban J connectivity index is 1.75. The van der Waals surface area contributed by atoms with Gasteiger partial charge < -0.3 is 19.5 Å². The van der Waals surface area contributed by atoms with Gasteiger partial charge in [0.2, 0.25) is 0 Å². The number of halogens is 3. The van der Waals surface area contributed by atoms with E-state index in [1.807, 2.05) is 12.2 Å². The summed E-state index contributed by atoms with van der Waals surface area (Å²) in [5, 5.41) is 1.99. The van der Waals surface area contributed by atoms with Crippen LogP contribution in [-0.2, 0) is 14.3 Å². The number of carbonyl (C=O) groups excluding carboxylic acids is 2. The van der Waals surface area contributed by atoms with Gasteiger partial charge in [-0.05, 0) is 31.2 Å². The molecule has 2 aromatic rings. The zero-order valence-electron chi connectivity index (χ0n) is 15.0. The number of para-hydroxylation sites is 2.